The molecule has 0 aliphatic rings. The number of fused-ring (bicyclic) bond motifs is 1. The van der Waals surface area contributed by atoms with E-state index >= 15 is 0 Å². The van der Waals surface area contributed by atoms with E-state index in [0.29, 0.717) is 43.2 Å². The topological polar surface area (TPSA) is 76.5 Å². The van der Waals surface area contributed by atoms with Gasteiger partial charge in [-0.2, -0.15) is 0 Å². The summed E-state index contributed by atoms with van der Waals surface area (Å²) < 4.78 is 7.68. The summed E-state index contributed by atoms with van der Waals surface area (Å²) in [6, 6.07) is 14.7. The Morgan fingerprint density at radius 3 is 2.73 bits per heavy atom. The first-order chi connectivity index (χ1) is 16.1. The second-order valence-corrected chi connectivity index (χ2v) is 8.25. The van der Waals surface area contributed by atoms with Gasteiger partial charge in [0.2, 0.25) is 5.91 Å². The van der Waals surface area contributed by atoms with Gasteiger partial charge in [0.15, 0.2) is 0 Å². The van der Waals surface area contributed by atoms with Gasteiger partial charge < -0.3 is 19.5 Å². The van der Waals surface area contributed by atoms with E-state index in [4.69, 9.17) is 4.74 Å². The second kappa shape index (κ2) is 10.3. The highest BCUT2D eigenvalue weighted by Gasteiger charge is 2.13. The maximum absolute atomic E-state index is 12.8. The average Bonchev–Trinajstić information content (AvgIpc) is 3.49. The van der Waals surface area contributed by atoms with Crippen molar-refractivity contribution in [3.63, 3.8) is 0 Å². The molecule has 0 fully saturated rings. The van der Waals surface area contributed by atoms with Crippen molar-refractivity contribution in [2.24, 2.45) is 0 Å². The lowest BCUT2D eigenvalue weighted by Crippen LogP contribution is -2.33. The molecule has 2 aromatic heterocycles. The molecule has 0 bridgehead atoms. The number of hydrogen-bond donors (Lipinski definition) is 1. The maximum atomic E-state index is 12.8. The molecule has 0 atom stereocenters. The number of ether oxygens (including phenoxy) is 1. The third kappa shape index (κ3) is 5.40. The third-order valence-electron chi connectivity index (χ3n) is 5.42. The van der Waals surface area contributed by atoms with Crippen LogP contribution >= 0.6 is 11.3 Å². The lowest BCUT2D eigenvalue weighted by Gasteiger charge is -2.19. The number of hydrogen-bond acceptors (Lipinski definition) is 5. The molecular weight excluding hydrogens is 436 g/mol. The molecule has 2 amide bonds. The van der Waals surface area contributed by atoms with Crippen LogP contribution < -0.4 is 10.1 Å². The van der Waals surface area contributed by atoms with E-state index in [2.05, 4.69) is 10.3 Å². The van der Waals surface area contributed by atoms with Crippen molar-refractivity contribution in [1.82, 2.24) is 14.5 Å². The summed E-state index contributed by atoms with van der Waals surface area (Å²) in [6.07, 6.45) is 1.90. The van der Waals surface area contributed by atoms with Crippen LogP contribution in [0.25, 0.3) is 10.9 Å². The van der Waals surface area contributed by atoms with Crippen LogP contribution in [-0.4, -0.2) is 39.4 Å². The molecule has 0 saturated carbocycles. The summed E-state index contributed by atoms with van der Waals surface area (Å²) >= 11 is 1.52. The van der Waals surface area contributed by atoms with Crippen molar-refractivity contribution in [2.75, 3.05) is 18.4 Å². The van der Waals surface area contributed by atoms with Crippen LogP contribution in [0.1, 0.15) is 29.9 Å². The monoisotopic (exact) mass is 462 g/mol. The minimum Gasteiger partial charge on any atom is -0.487 e. The van der Waals surface area contributed by atoms with Crippen LogP contribution in [0, 0.1) is 0 Å². The number of rotatable bonds is 9. The van der Waals surface area contributed by atoms with Crippen LogP contribution in [0.5, 0.6) is 5.75 Å². The molecule has 0 unspecified atom stereocenters. The number of anilines is 1. The lowest BCUT2D eigenvalue weighted by molar-refractivity contribution is -0.131. The molecule has 170 valence electrons. The fraction of sp³-hybridized carbons (Fsp3) is 0.240. The van der Waals surface area contributed by atoms with Gasteiger partial charge in [0.1, 0.15) is 18.9 Å². The number of benzene rings is 2. The van der Waals surface area contributed by atoms with E-state index in [0.717, 1.165) is 16.6 Å². The van der Waals surface area contributed by atoms with Crippen molar-refractivity contribution in [2.45, 2.75) is 27.0 Å². The number of carbonyl (C=O) groups is 2. The Bertz CT molecular complexity index is 1250. The van der Waals surface area contributed by atoms with E-state index in [9.17, 15) is 9.59 Å². The smallest absolute Gasteiger partial charge is 0.255 e. The molecule has 2 heterocycles. The van der Waals surface area contributed by atoms with E-state index < -0.39 is 0 Å². The number of likely N-dealkylation sites (N-methyl/N-ethyl adjacent to an activating group) is 1. The predicted molar refractivity (Wildman–Crippen MR) is 131 cm³/mol. The Hall–Kier alpha value is -3.65. The largest absolute Gasteiger partial charge is 0.487 e. The van der Waals surface area contributed by atoms with Gasteiger partial charge in [0.05, 0.1) is 11.2 Å². The van der Waals surface area contributed by atoms with Gasteiger partial charge in [0, 0.05) is 46.8 Å². The third-order valence-corrected chi connectivity index (χ3v) is 6.05. The molecule has 0 saturated heterocycles. The first kappa shape index (κ1) is 22.5. The number of nitrogens with one attached hydrogen (secondary N) is 1. The van der Waals surface area contributed by atoms with E-state index in [-0.39, 0.29) is 11.8 Å². The minimum atomic E-state index is -0.218. The fourth-order valence-corrected chi connectivity index (χ4v) is 4.18. The number of thiazole rings is 1. The summed E-state index contributed by atoms with van der Waals surface area (Å²) in [5, 5.41) is 5.83. The molecule has 0 aliphatic carbocycles. The maximum Gasteiger partial charge on any atom is 0.255 e. The molecule has 4 rings (SSSR count). The molecule has 0 spiro atoms. The number of aromatic nitrogens is 2. The van der Waals surface area contributed by atoms with Gasteiger partial charge in [-0.25, -0.2) is 4.98 Å². The second-order valence-electron chi connectivity index (χ2n) is 7.53. The molecule has 1 N–H and O–H groups in total. The van der Waals surface area contributed by atoms with Crippen molar-refractivity contribution in [3.05, 3.63) is 76.9 Å². The molecule has 0 aliphatic heterocycles. The molecule has 0 radical (unpaired) electrons. The van der Waals surface area contributed by atoms with E-state index in [1.807, 2.05) is 65.2 Å². The predicted octanol–water partition coefficient (Wildman–Crippen LogP) is 4.80. The molecule has 4 aromatic rings. The standard InChI is InChI=1S/C25H26N4O3S/c1-3-28(4-2)24(30)14-29-11-10-18-12-20(8-9-23(18)29)27-25(31)19-6-5-7-22(13-19)32-15-21-16-33-17-26-21/h5-13,16-17H,3-4,14-15H2,1-2H3,(H,27,31). The summed E-state index contributed by atoms with van der Waals surface area (Å²) in [6.45, 7) is 6.01. The van der Waals surface area contributed by atoms with Crippen molar-refractivity contribution >= 4 is 39.7 Å². The quantitative estimate of drug-likeness (QED) is 0.388. The summed E-state index contributed by atoms with van der Waals surface area (Å²) in [5.41, 5.74) is 4.76. The highest BCUT2D eigenvalue weighted by molar-refractivity contribution is 7.07. The Morgan fingerprint density at radius 1 is 1.12 bits per heavy atom. The number of amides is 2. The van der Waals surface area contributed by atoms with Crippen LogP contribution in [0.2, 0.25) is 0 Å². The highest BCUT2D eigenvalue weighted by atomic mass is 32.1. The molecule has 33 heavy (non-hydrogen) atoms. The van der Waals surface area contributed by atoms with Crippen molar-refractivity contribution in [3.8, 4) is 5.75 Å². The van der Waals surface area contributed by atoms with E-state index in [1.54, 1.807) is 23.7 Å². The van der Waals surface area contributed by atoms with Crippen LogP contribution in [0.3, 0.4) is 0 Å². The van der Waals surface area contributed by atoms with Gasteiger partial charge in [-0.05, 0) is 56.3 Å². The first-order valence-electron chi connectivity index (χ1n) is 10.8. The highest BCUT2D eigenvalue weighted by Crippen LogP contribution is 2.22. The average molecular weight is 463 g/mol. The molecular formula is C25H26N4O3S. The van der Waals surface area contributed by atoms with Gasteiger partial charge in [-0.1, -0.05) is 6.07 Å². The first-order valence-corrected chi connectivity index (χ1v) is 11.8. The molecule has 7 nitrogen and oxygen atoms in total. The Kier molecular flexibility index (Phi) is 7.04. The Labute approximate surface area is 196 Å². The normalized spacial score (nSPS) is 10.8. The summed E-state index contributed by atoms with van der Waals surface area (Å²) in [4.78, 5) is 31.3. The van der Waals surface area contributed by atoms with Crippen LogP contribution in [0.15, 0.2) is 65.6 Å². The molecule has 8 heteroatoms. The zero-order chi connectivity index (χ0) is 23.2. The van der Waals surface area contributed by atoms with Gasteiger partial charge in [-0.15, -0.1) is 11.3 Å². The van der Waals surface area contributed by atoms with Gasteiger partial charge in [-0.3, -0.25) is 9.59 Å². The zero-order valence-corrected chi connectivity index (χ0v) is 19.5. The SMILES string of the molecule is CCN(CC)C(=O)Cn1ccc2cc(NC(=O)c3cccc(OCc4cscn4)c3)ccc21. The van der Waals surface area contributed by atoms with Crippen LogP contribution in [0.4, 0.5) is 5.69 Å². The number of carbonyl (C=O) groups excluding carboxylic acids is 2. The van der Waals surface area contributed by atoms with Gasteiger partial charge >= 0.3 is 0 Å². The zero-order valence-electron chi connectivity index (χ0n) is 18.7. The molecule has 2 aromatic carbocycles. The summed E-state index contributed by atoms with van der Waals surface area (Å²) in [5.74, 6) is 0.484. The Balaban J connectivity index is 1.43. The Morgan fingerprint density at radius 2 is 1.97 bits per heavy atom. The lowest BCUT2D eigenvalue weighted by atomic mass is 10.2. The van der Waals surface area contributed by atoms with Gasteiger partial charge in [0.25, 0.3) is 5.91 Å². The van der Waals surface area contributed by atoms with Crippen molar-refractivity contribution in [1.29, 1.82) is 0 Å². The summed E-state index contributed by atoms with van der Waals surface area (Å²) in [7, 11) is 0. The minimum absolute atomic E-state index is 0.0896. The van der Waals surface area contributed by atoms with Crippen LogP contribution in [-0.2, 0) is 17.9 Å². The van der Waals surface area contributed by atoms with E-state index in [1.165, 1.54) is 11.3 Å². The van der Waals surface area contributed by atoms with Crippen molar-refractivity contribution < 1.29 is 14.3 Å². The fourth-order valence-electron chi connectivity index (χ4n) is 3.63. The number of nitrogens with zero attached hydrogens (tertiary/aromatic N) is 3.